The van der Waals surface area contributed by atoms with Gasteiger partial charge in [0.25, 0.3) is 0 Å². The number of aliphatic hydroxyl groups excluding tert-OH is 4. The smallest absolute Gasteiger partial charge is 0.121 e. The summed E-state index contributed by atoms with van der Waals surface area (Å²) in [6.07, 6.45) is 5.48. The van der Waals surface area contributed by atoms with Crippen molar-refractivity contribution in [3.8, 4) is 0 Å². The molecule has 2 bridgehead atoms. The minimum Gasteiger partial charge on any atom is -0.390 e. The van der Waals surface area contributed by atoms with Gasteiger partial charge < -0.3 is 30.3 Å². The normalized spacial score (nSPS) is 48.1. The summed E-state index contributed by atoms with van der Waals surface area (Å²) in [4.78, 5) is 4.22. The Morgan fingerprint density at radius 2 is 1.89 bits per heavy atom. The molecule has 9 atom stereocenters. The molecule has 2 spiro atoms. The molecule has 3 aliphatic carbocycles. The molecule has 1 aromatic heterocycles. The molecular weight excluding hydrogens is 446 g/mol. The van der Waals surface area contributed by atoms with E-state index in [1.807, 2.05) is 37.3 Å². The van der Waals surface area contributed by atoms with Gasteiger partial charge in [0.05, 0.1) is 23.4 Å². The number of hydrogen-bond acceptors (Lipinski definition) is 7. The average molecular weight is 478 g/mol. The van der Waals surface area contributed by atoms with E-state index in [0.29, 0.717) is 36.8 Å². The molecule has 2 saturated carbocycles. The van der Waals surface area contributed by atoms with Crippen molar-refractivity contribution in [1.29, 1.82) is 0 Å². The zero-order valence-corrected chi connectivity index (χ0v) is 19.6. The monoisotopic (exact) mass is 477 g/mol. The summed E-state index contributed by atoms with van der Waals surface area (Å²) in [6, 6.07) is 7.72. The van der Waals surface area contributed by atoms with Crippen LogP contribution in [-0.4, -0.2) is 66.1 Å². The van der Waals surface area contributed by atoms with E-state index < -0.39 is 46.6 Å². The van der Waals surface area contributed by atoms with E-state index in [9.17, 15) is 25.5 Å². The van der Waals surface area contributed by atoms with Gasteiger partial charge in [-0.3, -0.25) is 4.98 Å². The lowest BCUT2D eigenvalue weighted by Gasteiger charge is -2.56. The Bertz CT molecular complexity index is 1310. The highest BCUT2D eigenvalue weighted by atomic mass is 16.5. The molecule has 0 amide bonds. The number of fused-ring (bicyclic) bond motifs is 2. The summed E-state index contributed by atoms with van der Waals surface area (Å²) in [5.74, 6) is -0.169. The summed E-state index contributed by atoms with van der Waals surface area (Å²) in [5, 5.41) is 57.3. The first-order valence-corrected chi connectivity index (χ1v) is 12.6. The van der Waals surface area contributed by atoms with E-state index in [2.05, 4.69) is 11.1 Å². The first-order valence-electron chi connectivity index (χ1n) is 12.6. The standard InChI is InChI=1S/C28H31NO6/c1-25-6-4-17-11-19-23(32)24(33)20(30)13-26(19)7-8-27(17,35-26)21(25)12-22(31)28(25,34)18-3-2-15-5-9-29-14-16(15)10-18/h2-5,9-11,14,20-24,30-34H,6-8,12-13H2,1H3/t20-,21+,22+,23-,24-,25-,26+,27?,28+/m0/s1. The largest absolute Gasteiger partial charge is 0.390 e. The maximum Gasteiger partial charge on any atom is 0.121 e. The maximum absolute atomic E-state index is 12.3. The van der Waals surface area contributed by atoms with Gasteiger partial charge >= 0.3 is 0 Å². The molecular formula is C28H31NO6. The van der Waals surface area contributed by atoms with Crippen molar-refractivity contribution in [3.05, 3.63) is 65.5 Å². The van der Waals surface area contributed by atoms with Crippen LogP contribution >= 0.6 is 0 Å². The summed E-state index contributed by atoms with van der Waals surface area (Å²) in [6.45, 7) is 2.05. The molecule has 5 aliphatic rings. The Labute approximate surface area is 203 Å². The van der Waals surface area contributed by atoms with Crippen molar-refractivity contribution >= 4 is 10.8 Å². The van der Waals surface area contributed by atoms with E-state index in [-0.39, 0.29) is 12.3 Å². The predicted molar refractivity (Wildman–Crippen MR) is 127 cm³/mol. The van der Waals surface area contributed by atoms with Gasteiger partial charge in [-0.25, -0.2) is 0 Å². The number of pyridine rings is 1. The molecule has 35 heavy (non-hydrogen) atoms. The lowest BCUT2D eigenvalue weighted by atomic mass is 9.56. The van der Waals surface area contributed by atoms with Crippen molar-refractivity contribution < 1.29 is 30.3 Å². The van der Waals surface area contributed by atoms with Crippen molar-refractivity contribution in [2.24, 2.45) is 11.3 Å². The van der Waals surface area contributed by atoms with Crippen molar-refractivity contribution in [2.45, 2.75) is 80.2 Å². The summed E-state index contributed by atoms with van der Waals surface area (Å²) >= 11 is 0. The minimum absolute atomic E-state index is 0.169. The van der Waals surface area contributed by atoms with Crippen LogP contribution in [0.25, 0.3) is 10.8 Å². The molecule has 0 radical (unpaired) electrons. The number of aliphatic hydroxyl groups is 5. The van der Waals surface area contributed by atoms with Crippen LogP contribution in [0.3, 0.4) is 0 Å². The number of rotatable bonds is 1. The first-order chi connectivity index (χ1) is 16.6. The van der Waals surface area contributed by atoms with Gasteiger partial charge in [-0.05, 0) is 59.9 Å². The number of aromatic nitrogens is 1. The zero-order chi connectivity index (χ0) is 24.4. The summed E-state index contributed by atoms with van der Waals surface area (Å²) < 4.78 is 6.90. The van der Waals surface area contributed by atoms with E-state index in [0.717, 1.165) is 16.3 Å². The van der Waals surface area contributed by atoms with Gasteiger partial charge in [-0.2, -0.15) is 0 Å². The first kappa shape index (κ1) is 22.1. The SMILES string of the molecule is C[C@]12CC=C3C=C4[C@H](O)[C@@H](O)[C@@H](O)C[C@]45CCC3(O5)[C@@H]1C[C@@H](O)[C@]2(O)c1ccc2ccncc2c1. The zero-order valence-electron chi connectivity index (χ0n) is 19.6. The molecule has 1 unspecified atom stereocenters. The third kappa shape index (κ3) is 2.49. The second-order valence-corrected chi connectivity index (χ2v) is 11.6. The highest BCUT2D eigenvalue weighted by Gasteiger charge is 2.73. The number of benzene rings is 1. The lowest BCUT2D eigenvalue weighted by Crippen LogP contribution is -2.60. The minimum atomic E-state index is -1.48. The maximum atomic E-state index is 12.3. The Morgan fingerprint density at radius 1 is 1.06 bits per heavy atom. The third-order valence-electron chi connectivity index (χ3n) is 10.1. The molecule has 1 saturated heterocycles. The molecule has 184 valence electrons. The van der Waals surface area contributed by atoms with E-state index in [1.165, 1.54) is 0 Å². The van der Waals surface area contributed by atoms with Gasteiger partial charge in [0.1, 0.15) is 17.8 Å². The summed E-state index contributed by atoms with van der Waals surface area (Å²) in [5.41, 5.74) is -1.48. The topological polar surface area (TPSA) is 123 Å². The predicted octanol–water partition coefficient (Wildman–Crippen LogP) is 1.85. The molecule has 3 heterocycles. The van der Waals surface area contributed by atoms with Gasteiger partial charge in [-0.15, -0.1) is 0 Å². The molecule has 7 rings (SSSR count). The Morgan fingerprint density at radius 3 is 2.71 bits per heavy atom. The average Bonchev–Trinajstić information content (AvgIpc) is 3.27. The molecule has 2 aromatic rings. The molecule has 1 aromatic carbocycles. The highest BCUT2D eigenvalue weighted by molar-refractivity contribution is 5.82. The molecule has 3 fully saturated rings. The van der Waals surface area contributed by atoms with Gasteiger partial charge in [-0.1, -0.05) is 31.2 Å². The second-order valence-electron chi connectivity index (χ2n) is 11.6. The van der Waals surface area contributed by atoms with Crippen LogP contribution in [0.1, 0.15) is 44.6 Å². The molecule has 7 nitrogen and oxygen atoms in total. The van der Waals surface area contributed by atoms with Crippen molar-refractivity contribution in [3.63, 3.8) is 0 Å². The molecule has 2 aliphatic heterocycles. The van der Waals surface area contributed by atoms with Crippen LogP contribution in [0, 0.1) is 11.3 Å². The van der Waals surface area contributed by atoms with E-state index >= 15 is 0 Å². The fourth-order valence-corrected chi connectivity index (χ4v) is 8.28. The van der Waals surface area contributed by atoms with Crippen LogP contribution in [0.2, 0.25) is 0 Å². The second kappa shape index (κ2) is 6.79. The molecule has 7 heteroatoms. The van der Waals surface area contributed by atoms with E-state index in [4.69, 9.17) is 4.74 Å². The number of ether oxygens (including phenoxy) is 1. The van der Waals surface area contributed by atoms with Crippen LogP contribution < -0.4 is 0 Å². The third-order valence-corrected chi connectivity index (χ3v) is 10.1. The Balaban J connectivity index is 1.36. The Hall–Kier alpha value is -2.13. The van der Waals surface area contributed by atoms with Gasteiger partial charge in [0.15, 0.2) is 0 Å². The lowest BCUT2D eigenvalue weighted by molar-refractivity contribution is -0.192. The van der Waals surface area contributed by atoms with Crippen LogP contribution in [0.15, 0.2) is 60.0 Å². The van der Waals surface area contributed by atoms with Crippen molar-refractivity contribution in [2.75, 3.05) is 0 Å². The number of allylic oxidation sites excluding steroid dienone is 1. The van der Waals surface area contributed by atoms with Gasteiger partial charge in [0.2, 0.25) is 0 Å². The number of nitrogens with zero attached hydrogens (tertiary/aromatic N) is 1. The number of hydrogen-bond donors (Lipinski definition) is 5. The quantitative estimate of drug-likeness (QED) is 0.425. The fraction of sp³-hybridized carbons (Fsp3) is 0.536. The van der Waals surface area contributed by atoms with Gasteiger partial charge in [0, 0.05) is 35.5 Å². The van der Waals surface area contributed by atoms with Crippen LogP contribution in [0.4, 0.5) is 0 Å². The highest BCUT2D eigenvalue weighted by Crippen LogP contribution is 2.70. The van der Waals surface area contributed by atoms with E-state index in [1.54, 1.807) is 12.4 Å². The van der Waals surface area contributed by atoms with Crippen molar-refractivity contribution in [1.82, 2.24) is 4.98 Å². The fourth-order valence-electron chi connectivity index (χ4n) is 8.28. The van der Waals surface area contributed by atoms with Crippen LogP contribution in [-0.2, 0) is 10.3 Å². The summed E-state index contributed by atoms with van der Waals surface area (Å²) in [7, 11) is 0. The van der Waals surface area contributed by atoms with Crippen LogP contribution in [0.5, 0.6) is 0 Å². The Kier molecular flexibility index (Phi) is 4.29. The molecule has 5 N–H and O–H groups in total.